The Labute approximate surface area is 123 Å². The second-order valence-corrected chi connectivity index (χ2v) is 6.70. The summed E-state index contributed by atoms with van der Waals surface area (Å²) in [5.41, 5.74) is -0.433. The molecule has 1 aromatic carbocycles. The number of likely N-dealkylation sites (tertiary alicyclic amines) is 1. The molecule has 1 aliphatic heterocycles. The van der Waals surface area contributed by atoms with E-state index in [9.17, 15) is 18.3 Å². The Morgan fingerprint density at radius 2 is 1.95 bits per heavy atom. The van der Waals surface area contributed by atoms with Gasteiger partial charge in [0.15, 0.2) is 0 Å². The van der Waals surface area contributed by atoms with E-state index in [0.717, 1.165) is 38.1 Å². The minimum absolute atomic E-state index is 0.167. The van der Waals surface area contributed by atoms with Crippen molar-refractivity contribution in [1.29, 1.82) is 0 Å². The minimum atomic E-state index is -3.78. The molecule has 1 saturated heterocycles. The number of aromatic hydroxyl groups is 1. The number of benzene rings is 1. The molecular formula is C13H18N2O5S. The van der Waals surface area contributed by atoms with E-state index in [-0.39, 0.29) is 11.4 Å². The van der Waals surface area contributed by atoms with Crippen LogP contribution in [0.1, 0.15) is 23.2 Å². The highest BCUT2D eigenvalue weighted by atomic mass is 32.2. The van der Waals surface area contributed by atoms with Gasteiger partial charge in [-0.2, -0.15) is 0 Å². The summed E-state index contributed by atoms with van der Waals surface area (Å²) in [6, 6.07) is 3.20. The van der Waals surface area contributed by atoms with Gasteiger partial charge in [0.2, 0.25) is 10.0 Å². The first kappa shape index (κ1) is 15.7. The van der Waals surface area contributed by atoms with Crippen LogP contribution in [0.5, 0.6) is 5.75 Å². The van der Waals surface area contributed by atoms with Crippen molar-refractivity contribution < 1.29 is 23.4 Å². The van der Waals surface area contributed by atoms with Crippen LogP contribution < -0.4 is 4.72 Å². The number of carbonyl (C=O) groups is 1. The summed E-state index contributed by atoms with van der Waals surface area (Å²) in [7, 11) is -3.78. The van der Waals surface area contributed by atoms with Crippen LogP contribution in [0.25, 0.3) is 0 Å². The predicted molar refractivity (Wildman–Crippen MR) is 75.9 cm³/mol. The molecule has 21 heavy (non-hydrogen) atoms. The molecular weight excluding hydrogens is 296 g/mol. The Balaban J connectivity index is 2.04. The molecule has 1 fully saturated rings. The van der Waals surface area contributed by atoms with Crippen molar-refractivity contribution in [3.05, 3.63) is 23.8 Å². The van der Waals surface area contributed by atoms with Crippen molar-refractivity contribution in [2.45, 2.75) is 17.7 Å². The second-order valence-electron chi connectivity index (χ2n) is 4.93. The number of nitrogens with zero attached hydrogens (tertiary/aromatic N) is 1. The average molecular weight is 314 g/mol. The predicted octanol–water partition coefficient (Wildman–Crippen LogP) is 0.464. The SMILES string of the molecule is O=C(O)c1cc(S(=O)(=O)NCCN2CCCC2)ccc1O. The summed E-state index contributed by atoms with van der Waals surface area (Å²) in [5, 5.41) is 18.3. The maximum absolute atomic E-state index is 12.1. The Morgan fingerprint density at radius 3 is 2.57 bits per heavy atom. The summed E-state index contributed by atoms with van der Waals surface area (Å²) in [5.74, 6) is -1.83. The Kier molecular flexibility index (Phi) is 4.81. The van der Waals surface area contributed by atoms with Crippen LogP contribution in [0, 0.1) is 0 Å². The van der Waals surface area contributed by atoms with E-state index in [1.807, 2.05) is 0 Å². The molecule has 1 aliphatic rings. The van der Waals surface area contributed by atoms with E-state index in [1.54, 1.807) is 0 Å². The summed E-state index contributed by atoms with van der Waals surface area (Å²) in [6.07, 6.45) is 2.26. The van der Waals surface area contributed by atoms with E-state index in [2.05, 4.69) is 9.62 Å². The molecule has 3 N–H and O–H groups in total. The summed E-state index contributed by atoms with van der Waals surface area (Å²) in [4.78, 5) is 12.9. The van der Waals surface area contributed by atoms with E-state index < -0.39 is 27.3 Å². The van der Waals surface area contributed by atoms with Crippen molar-refractivity contribution in [1.82, 2.24) is 9.62 Å². The van der Waals surface area contributed by atoms with Gasteiger partial charge in [-0.15, -0.1) is 0 Å². The highest BCUT2D eigenvalue weighted by Crippen LogP contribution is 2.21. The molecule has 0 unspecified atom stereocenters. The van der Waals surface area contributed by atoms with Crippen LogP contribution in [0.4, 0.5) is 0 Å². The standard InChI is InChI=1S/C13H18N2O5S/c16-12-4-3-10(9-11(12)13(17)18)21(19,20)14-5-8-15-6-1-2-7-15/h3-4,9,14,16H,1-2,5-8H2,(H,17,18). The van der Waals surface area contributed by atoms with Crippen LogP contribution >= 0.6 is 0 Å². The normalized spacial score (nSPS) is 16.2. The molecule has 2 rings (SSSR count). The second kappa shape index (κ2) is 6.42. The van der Waals surface area contributed by atoms with Gasteiger partial charge in [-0.3, -0.25) is 0 Å². The number of aromatic carboxylic acids is 1. The lowest BCUT2D eigenvalue weighted by molar-refractivity contribution is 0.0693. The third-order valence-corrected chi connectivity index (χ3v) is 4.89. The minimum Gasteiger partial charge on any atom is -0.507 e. The molecule has 0 bridgehead atoms. The number of carboxylic acids is 1. The molecule has 0 atom stereocenters. The third-order valence-electron chi connectivity index (χ3n) is 3.43. The monoisotopic (exact) mass is 314 g/mol. The molecule has 0 aliphatic carbocycles. The zero-order valence-electron chi connectivity index (χ0n) is 11.4. The lowest BCUT2D eigenvalue weighted by atomic mass is 10.2. The molecule has 7 nitrogen and oxygen atoms in total. The fraction of sp³-hybridized carbons (Fsp3) is 0.462. The number of hydrogen-bond acceptors (Lipinski definition) is 5. The van der Waals surface area contributed by atoms with Crippen LogP contribution in [0.15, 0.2) is 23.1 Å². The lowest BCUT2D eigenvalue weighted by Crippen LogP contribution is -2.33. The van der Waals surface area contributed by atoms with Crippen molar-refractivity contribution in [3.63, 3.8) is 0 Å². The van der Waals surface area contributed by atoms with Crippen molar-refractivity contribution in [2.75, 3.05) is 26.2 Å². The number of sulfonamides is 1. The van der Waals surface area contributed by atoms with Crippen LogP contribution in [0.3, 0.4) is 0 Å². The number of nitrogens with one attached hydrogen (secondary N) is 1. The van der Waals surface area contributed by atoms with E-state index in [0.29, 0.717) is 6.54 Å². The van der Waals surface area contributed by atoms with Gasteiger partial charge in [-0.1, -0.05) is 0 Å². The molecule has 0 amide bonds. The van der Waals surface area contributed by atoms with Gasteiger partial charge < -0.3 is 15.1 Å². The molecule has 1 aromatic rings. The molecule has 0 saturated carbocycles. The topological polar surface area (TPSA) is 107 Å². The van der Waals surface area contributed by atoms with Crippen LogP contribution in [0.2, 0.25) is 0 Å². The number of phenols is 1. The van der Waals surface area contributed by atoms with Gasteiger partial charge in [0.25, 0.3) is 0 Å². The van der Waals surface area contributed by atoms with Crippen LogP contribution in [-0.2, 0) is 10.0 Å². The fourth-order valence-corrected chi connectivity index (χ4v) is 3.33. The summed E-state index contributed by atoms with van der Waals surface area (Å²) in [6.45, 7) is 2.85. The van der Waals surface area contributed by atoms with Crippen molar-refractivity contribution in [3.8, 4) is 5.75 Å². The number of rotatable bonds is 6. The Bertz CT molecular complexity index is 623. The lowest BCUT2D eigenvalue weighted by Gasteiger charge is -2.15. The van der Waals surface area contributed by atoms with Gasteiger partial charge in [-0.05, 0) is 44.1 Å². The Hall–Kier alpha value is -1.64. The maximum Gasteiger partial charge on any atom is 0.339 e. The smallest absolute Gasteiger partial charge is 0.339 e. The number of carboxylic acid groups (broad SMARTS) is 1. The molecule has 0 radical (unpaired) electrons. The van der Waals surface area contributed by atoms with Crippen molar-refractivity contribution in [2.24, 2.45) is 0 Å². The van der Waals surface area contributed by atoms with E-state index >= 15 is 0 Å². The van der Waals surface area contributed by atoms with Gasteiger partial charge >= 0.3 is 5.97 Å². The molecule has 0 spiro atoms. The highest BCUT2D eigenvalue weighted by Gasteiger charge is 2.19. The zero-order chi connectivity index (χ0) is 15.5. The first-order valence-corrected chi connectivity index (χ1v) is 8.17. The molecule has 8 heteroatoms. The quantitative estimate of drug-likeness (QED) is 0.704. The fourth-order valence-electron chi connectivity index (χ4n) is 2.28. The largest absolute Gasteiger partial charge is 0.507 e. The molecule has 0 aromatic heterocycles. The van der Waals surface area contributed by atoms with Crippen LogP contribution in [-0.4, -0.2) is 55.7 Å². The van der Waals surface area contributed by atoms with Gasteiger partial charge in [0.05, 0.1) is 4.90 Å². The van der Waals surface area contributed by atoms with E-state index in [1.165, 1.54) is 6.07 Å². The average Bonchev–Trinajstić information content (AvgIpc) is 2.91. The molecule has 116 valence electrons. The van der Waals surface area contributed by atoms with Crippen molar-refractivity contribution >= 4 is 16.0 Å². The maximum atomic E-state index is 12.1. The van der Waals surface area contributed by atoms with Gasteiger partial charge in [0, 0.05) is 13.1 Å². The van der Waals surface area contributed by atoms with Gasteiger partial charge in [0.1, 0.15) is 11.3 Å². The molecule has 1 heterocycles. The third kappa shape index (κ3) is 3.93. The summed E-state index contributed by atoms with van der Waals surface area (Å²) >= 11 is 0. The zero-order valence-corrected chi connectivity index (χ0v) is 12.3. The first-order chi connectivity index (χ1) is 9.90. The van der Waals surface area contributed by atoms with Gasteiger partial charge in [-0.25, -0.2) is 17.9 Å². The summed E-state index contributed by atoms with van der Waals surface area (Å²) < 4.78 is 26.6. The van der Waals surface area contributed by atoms with E-state index in [4.69, 9.17) is 5.11 Å². The highest BCUT2D eigenvalue weighted by molar-refractivity contribution is 7.89. The Morgan fingerprint density at radius 1 is 1.29 bits per heavy atom. The first-order valence-electron chi connectivity index (χ1n) is 6.68. The number of hydrogen-bond donors (Lipinski definition) is 3.